The van der Waals surface area contributed by atoms with Crippen LogP contribution in [0.25, 0.3) is 0 Å². The molecule has 8 heteroatoms. The van der Waals surface area contributed by atoms with Crippen molar-refractivity contribution in [3.63, 3.8) is 0 Å². The van der Waals surface area contributed by atoms with E-state index in [0.717, 1.165) is 38.5 Å². The van der Waals surface area contributed by atoms with Gasteiger partial charge in [-0.1, -0.05) is 290 Å². The van der Waals surface area contributed by atoms with Crippen LogP contribution in [0.1, 0.15) is 329 Å². The van der Waals surface area contributed by atoms with Gasteiger partial charge in [0.1, 0.15) is 25.9 Å². The van der Waals surface area contributed by atoms with E-state index in [1.807, 2.05) is 0 Å². The Balaban J connectivity index is 0. The van der Waals surface area contributed by atoms with Crippen molar-refractivity contribution < 1.29 is 38.8 Å². The maximum Gasteiger partial charge on any atom is 0.305 e. The molecule has 0 saturated carbocycles. The summed E-state index contributed by atoms with van der Waals surface area (Å²) in [6.45, 7) is 6.71. The highest BCUT2D eigenvalue weighted by molar-refractivity contribution is 5.70. The minimum atomic E-state index is -0.954. The smallest absolute Gasteiger partial charge is 0.305 e. The summed E-state index contributed by atoms with van der Waals surface area (Å²) >= 11 is 0. The van der Waals surface area contributed by atoms with Gasteiger partial charge in [-0.25, -0.2) is 0 Å². The minimum absolute atomic E-state index is 0.103. The summed E-state index contributed by atoms with van der Waals surface area (Å²) in [5.41, 5.74) is 0. The second kappa shape index (κ2) is 60.5. The van der Waals surface area contributed by atoms with Gasteiger partial charge in [0.2, 0.25) is 0 Å². The third-order valence-electron chi connectivity index (χ3n) is 13.2. The maximum absolute atomic E-state index is 11.9. The summed E-state index contributed by atoms with van der Waals surface area (Å²) in [6.07, 6.45) is 59.5. The molecule has 0 aromatic carbocycles. The standard InChI is InChI=1S/C38H74O4.C21H42O4/c1-3-5-7-9-11-13-15-17-19-21-23-25-27-29-31-33-37(39)41-35-36-42-38(40)34-32-30-28-26-24-22-20-18-16-14-12-10-8-6-4-2;1-2-3-4-5-6-7-8-9-10-11-12-13-14-15-16-17-21(24)25-19-20(23)18-22/h3-36H2,1-2H3;20,22-23H,2-19H2,1H3. The molecule has 0 radical (unpaired) electrons. The van der Waals surface area contributed by atoms with Gasteiger partial charge < -0.3 is 24.4 Å². The molecule has 8 nitrogen and oxygen atoms in total. The largest absolute Gasteiger partial charge is 0.463 e. The van der Waals surface area contributed by atoms with Gasteiger partial charge in [0.25, 0.3) is 0 Å². The fourth-order valence-corrected chi connectivity index (χ4v) is 8.69. The Hall–Kier alpha value is -1.67. The summed E-state index contributed by atoms with van der Waals surface area (Å²) in [5, 5.41) is 17.7. The normalized spacial score (nSPS) is 11.6. The molecule has 0 aliphatic rings. The van der Waals surface area contributed by atoms with Gasteiger partial charge in [0, 0.05) is 19.3 Å². The number of hydrogen-bond acceptors (Lipinski definition) is 8. The maximum atomic E-state index is 11.9. The second-order valence-corrected chi connectivity index (χ2v) is 20.1. The number of rotatable bonds is 54. The van der Waals surface area contributed by atoms with E-state index in [9.17, 15) is 14.4 Å². The fourth-order valence-electron chi connectivity index (χ4n) is 8.69. The predicted molar refractivity (Wildman–Crippen MR) is 285 cm³/mol. The van der Waals surface area contributed by atoms with Crippen molar-refractivity contribution in [1.29, 1.82) is 0 Å². The predicted octanol–water partition coefficient (Wildman–Crippen LogP) is 17.7. The highest BCUT2D eigenvalue weighted by Crippen LogP contribution is 2.17. The van der Waals surface area contributed by atoms with E-state index in [2.05, 4.69) is 20.8 Å². The quantitative estimate of drug-likeness (QED) is 0.0351. The lowest BCUT2D eigenvalue weighted by Crippen LogP contribution is -2.21. The molecule has 0 aromatic heterocycles. The Morgan fingerprint density at radius 2 is 0.478 bits per heavy atom. The molecular weight excluding hydrogens is 837 g/mol. The number of aliphatic hydroxyl groups excluding tert-OH is 2. The van der Waals surface area contributed by atoms with Crippen LogP contribution in [0.4, 0.5) is 0 Å². The molecule has 0 aliphatic heterocycles. The first-order chi connectivity index (χ1) is 32.9. The Morgan fingerprint density at radius 3 is 0.672 bits per heavy atom. The minimum Gasteiger partial charge on any atom is -0.463 e. The molecule has 400 valence electrons. The van der Waals surface area contributed by atoms with Crippen molar-refractivity contribution in [2.45, 2.75) is 335 Å². The Kier molecular flexibility index (Phi) is 60.8. The van der Waals surface area contributed by atoms with E-state index in [0.29, 0.717) is 19.3 Å². The number of esters is 3. The monoisotopic (exact) mass is 953 g/mol. The summed E-state index contributed by atoms with van der Waals surface area (Å²) < 4.78 is 15.3. The van der Waals surface area contributed by atoms with Crippen LogP contribution in [-0.2, 0) is 28.6 Å². The number of carbonyl (C=O) groups excluding carboxylic acids is 3. The molecule has 0 fully saturated rings. The van der Waals surface area contributed by atoms with Gasteiger partial charge in [0.05, 0.1) is 6.61 Å². The van der Waals surface area contributed by atoms with Gasteiger partial charge in [-0.3, -0.25) is 14.4 Å². The lowest BCUT2D eigenvalue weighted by Gasteiger charge is -2.08. The first-order valence-electron chi connectivity index (χ1n) is 29.7. The lowest BCUT2D eigenvalue weighted by molar-refractivity contribution is -0.152. The van der Waals surface area contributed by atoms with Gasteiger partial charge in [0.15, 0.2) is 0 Å². The number of hydrogen-bond donors (Lipinski definition) is 2. The van der Waals surface area contributed by atoms with E-state index in [1.54, 1.807) is 0 Å². The highest BCUT2D eigenvalue weighted by Gasteiger charge is 2.08. The van der Waals surface area contributed by atoms with Crippen molar-refractivity contribution >= 4 is 17.9 Å². The molecule has 0 aromatic rings. The zero-order chi connectivity index (χ0) is 49.2. The van der Waals surface area contributed by atoms with Crippen molar-refractivity contribution in [2.24, 2.45) is 0 Å². The topological polar surface area (TPSA) is 119 Å². The van der Waals surface area contributed by atoms with Gasteiger partial charge in [-0.05, 0) is 19.3 Å². The van der Waals surface area contributed by atoms with E-state index >= 15 is 0 Å². The van der Waals surface area contributed by atoms with E-state index in [4.69, 9.17) is 24.4 Å². The first-order valence-corrected chi connectivity index (χ1v) is 29.7. The molecule has 1 atom stereocenters. The van der Waals surface area contributed by atoms with Crippen LogP contribution in [0.3, 0.4) is 0 Å². The summed E-state index contributed by atoms with van der Waals surface area (Å²) in [4.78, 5) is 35.2. The highest BCUT2D eigenvalue weighted by atomic mass is 16.6. The van der Waals surface area contributed by atoms with Gasteiger partial charge >= 0.3 is 17.9 Å². The van der Waals surface area contributed by atoms with Crippen LogP contribution < -0.4 is 0 Å². The summed E-state index contributed by atoms with van der Waals surface area (Å²) in [7, 11) is 0. The average Bonchev–Trinajstić information content (AvgIpc) is 3.33. The van der Waals surface area contributed by atoms with Gasteiger partial charge in [-0.2, -0.15) is 0 Å². The molecule has 0 rings (SSSR count). The third kappa shape index (κ3) is 62.3. The molecule has 2 N–H and O–H groups in total. The van der Waals surface area contributed by atoms with Gasteiger partial charge in [-0.15, -0.1) is 0 Å². The van der Waals surface area contributed by atoms with Crippen LogP contribution in [0.2, 0.25) is 0 Å². The molecular formula is C59H116O8. The molecule has 0 spiro atoms. The SMILES string of the molecule is CCCCCCCCCCCCCCCCCC(=O)OCC(O)CO.CCCCCCCCCCCCCCCCCC(=O)OCCOC(=O)CCCCCCCCCCCCCCCCC. The van der Waals surface area contributed by atoms with Crippen LogP contribution in [0, 0.1) is 0 Å². The van der Waals surface area contributed by atoms with Crippen molar-refractivity contribution in [3.05, 3.63) is 0 Å². The Bertz CT molecular complexity index is 925. The molecule has 0 aliphatic carbocycles. The molecule has 67 heavy (non-hydrogen) atoms. The third-order valence-corrected chi connectivity index (χ3v) is 13.2. The summed E-state index contributed by atoms with van der Waals surface area (Å²) in [5.74, 6) is -0.603. The number of ether oxygens (including phenoxy) is 3. The van der Waals surface area contributed by atoms with E-state index in [-0.39, 0.29) is 44.3 Å². The lowest BCUT2D eigenvalue weighted by atomic mass is 10.0. The van der Waals surface area contributed by atoms with Crippen LogP contribution in [-0.4, -0.2) is 60.7 Å². The van der Waals surface area contributed by atoms with Crippen LogP contribution in [0.15, 0.2) is 0 Å². The molecule has 0 bridgehead atoms. The molecule has 0 amide bonds. The number of carbonyl (C=O) groups is 3. The van der Waals surface area contributed by atoms with Crippen molar-refractivity contribution in [2.75, 3.05) is 26.4 Å². The average molecular weight is 954 g/mol. The number of unbranched alkanes of at least 4 members (excludes halogenated alkanes) is 42. The summed E-state index contributed by atoms with van der Waals surface area (Å²) in [6, 6.07) is 0. The molecule has 0 heterocycles. The van der Waals surface area contributed by atoms with Crippen LogP contribution >= 0.6 is 0 Å². The first kappa shape index (κ1) is 67.4. The number of aliphatic hydroxyl groups is 2. The van der Waals surface area contributed by atoms with Crippen LogP contribution in [0.5, 0.6) is 0 Å². The van der Waals surface area contributed by atoms with Crippen molar-refractivity contribution in [1.82, 2.24) is 0 Å². The van der Waals surface area contributed by atoms with E-state index < -0.39 is 6.10 Å². The zero-order valence-corrected chi connectivity index (χ0v) is 45.2. The fraction of sp³-hybridized carbons (Fsp3) is 0.949. The Morgan fingerprint density at radius 1 is 0.299 bits per heavy atom. The molecule has 1 unspecified atom stereocenters. The Labute approximate surface area is 416 Å². The van der Waals surface area contributed by atoms with E-state index in [1.165, 1.54) is 250 Å². The van der Waals surface area contributed by atoms with Crippen molar-refractivity contribution in [3.8, 4) is 0 Å². The molecule has 0 saturated heterocycles. The zero-order valence-electron chi connectivity index (χ0n) is 45.2. The second-order valence-electron chi connectivity index (χ2n) is 20.1.